The molecule has 1 heterocycles. The Balaban J connectivity index is 2.34. The number of hydrogen-bond acceptors (Lipinski definition) is 2. The number of unbranched alkanes of at least 4 members (excludes halogenated alkanes) is 1. The lowest BCUT2D eigenvalue weighted by atomic mass is 10.3. The lowest BCUT2D eigenvalue weighted by molar-refractivity contribution is 0.0238. The van der Waals surface area contributed by atoms with E-state index >= 15 is 0 Å². The number of rotatable bonds is 7. The third-order valence-corrected chi connectivity index (χ3v) is 7.73. The van der Waals surface area contributed by atoms with Crippen LogP contribution in [-0.2, 0) is 4.74 Å². The van der Waals surface area contributed by atoms with Crippen LogP contribution < -0.4 is 5.32 Å². The van der Waals surface area contributed by atoms with Gasteiger partial charge in [-0.05, 0) is 20.4 Å². The van der Waals surface area contributed by atoms with Gasteiger partial charge in [-0.1, -0.05) is 31.9 Å². The molecule has 1 atom stereocenters. The number of nitrogens with one attached hydrogen (secondary N) is 1. The van der Waals surface area contributed by atoms with Crippen molar-refractivity contribution in [2.24, 2.45) is 0 Å². The fourth-order valence-corrected chi connectivity index (χ4v) is 5.02. The summed E-state index contributed by atoms with van der Waals surface area (Å²) in [5.74, 6) is 0. The zero-order valence-corrected chi connectivity index (χ0v) is 11.1. The van der Waals surface area contributed by atoms with E-state index in [-0.39, 0.29) is 5.22 Å². The van der Waals surface area contributed by atoms with Crippen molar-refractivity contribution in [3.05, 3.63) is 0 Å². The van der Waals surface area contributed by atoms with Crippen LogP contribution in [0.25, 0.3) is 0 Å². The van der Waals surface area contributed by atoms with Crippen molar-refractivity contribution >= 4 is 8.80 Å². The zero-order chi connectivity index (χ0) is 10.4. The van der Waals surface area contributed by atoms with E-state index in [9.17, 15) is 0 Å². The molecule has 1 unspecified atom stereocenters. The molecule has 0 aromatic carbocycles. The van der Waals surface area contributed by atoms with Crippen molar-refractivity contribution in [3.63, 3.8) is 0 Å². The van der Waals surface area contributed by atoms with Gasteiger partial charge in [-0.15, -0.1) is 0 Å². The largest absolute Gasteiger partial charge is 0.378 e. The van der Waals surface area contributed by atoms with E-state index in [1.165, 1.54) is 31.4 Å². The van der Waals surface area contributed by atoms with E-state index in [1.54, 1.807) is 0 Å². The zero-order valence-electron chi connectivity index (χ0n) is 9.94. The van der Waals surface area contributed by atoms with Gasteiger partial charge in [0.15, 0.2) is 0 Å². The van der Waals surface area contributed by atoms with Crippen LogP contribution in [0, 0.1) is 0 Å². The van der Waals surface area contributed by atoms with Gasteiger partial charge >= 0.3 is 0 Å². The topological polar surface area (TPSA) is 21.3 Å². The molecular weight excluding hydrogens is 190 g/mol. The van der Waals surface area contributed by atoms with Gasteiger partial charge in [-0.3, -0.25) is 0 Å². The Kier molecular flexibility index (Phi) is 5.13. The summed E-state index contributed by atoms with van der Waals surface area (Å²) >= 11 is 0. The molecule has 0 aliphatic carbocycles. The van der Waals surface area contributed by atoms with Crippen molar-refractivity contribution < 1.29 is 4.74 Å². The molecule has 14 heavy (non-hydrogen) atoms. The third kappa shape index (κ3) is 3.07. The van der Waals surface area contributed by atoms with E-state index in [1.807, 2.05) is 7.05 Å². The molecule has 0 saturated carbocycles. The van der Waals surface area contributed by atoms with Crippen molar-refractivity contribution in [1.82, 2.24) is 5.32 Å². The Morgan fingerprint density at radius 3 is 2.57 bits per heavy atom. The van der Waals surface area contributed by atoms with E-state index in [2.05, 4.69) is 19.2 Å². The summed E-state index contributed by atoms with van der Waals surface area (Å²) in [4.78, 5) is 0. The van der Waals surface area contributed by atoms with Gasteiger partial charge < -0.3 is 10.1 Å². The lowest BCUT2D eigenvalue weighted by Gasteiger charge is -2.41. The summed E-state index contributed by atoms with van der Waals surface area (Å²) in [5.41, 5.74) is 0. The minimum atomic E-state index is -0.576. The van der Waals surface area contributed by atoms with Crippen LogP contribution in [0.1, 0.15) is 33.1 Å². The van der Waals surface area contributed by atoms with Gasteiger partial charge in [0, 0.05) is 13.2 Å². The van der Waals surface area contributed by atoms with Crippen molar-refractivity contribution in [1.29, 1.82) is 0 Å². The van der Waals surface area contributed by atoms with Gasteiger partial charge in [0.2, 0.25) is 0 Å². The summed E-state index contributed by atoms with van der Waals surface area (Å²) in [6.45, 7) is 6.56. The highest BCUT2D eigenvalue weighted by atomic mass is 28.3. The molecule has 1 aliphatic rings. The summed E-state index contributed by atoms with van der Waals surface area (Å²) in [6.07, 6.45) is 3.90. The normalized spacial score (nSPS) is 21.6. The predicted octanol–water partition coefficient (Wildman–Crippen LogP) is 1.95. The van der Waals surface area contributed by atoms with Gasteiger partial charge in [0.05, 0.1) is 14.0 Å². The summed E-state index contributed by atoms with van der Waals surface area (Å²) in [7, 11) is 1.46. The highest BCUT2D eigenvalue weighted by Gasteiger charge is 2.39. The molecule has 0 amide bonds. The Morgan fingerprint density at radius 1 is 1.43 bits per heavy atom. The Bertz CT molecular complexity index is 161. The van der Waals surface area contributed by atoms with Gasteiger partial charge in [0.25, 0.3) is 0 Å². The predicted molar refractivity (Wildman–Crippen MR) is 64.6 cm³/mol. The number of hydrogen-bond donors (Lipinski definition) is 1. The van der Waals surface area contributed by atoms with E-state index in [0.717, 1.165) is 13.2 Å². The van der Waals surface area contributed by atoms with Crippen LogP contribution in [0.15, 0.2) is 0 Å². The Morgan fingerprint density at radius 2 is 2.14 bits per heavy atom. The first-order chi connectivity index (χ1) is 6.73. The monoisotopic (exact) mass is 215 g/mol. The molecular formula is C11H25NOSi. The molecule has 3 heteroatoms. The first-order valence-corrected chi connectivity index (χ1v) is 8.22. The minimum absolute atomic E-state index is 0.224. The smallest absolute Gasteiger partial charge is 0.0769 e. The quantitative estimate of drug-likeness (QED) is 0.518. The first kappa shape index (κ1) is 12.2. The SMILES string of the molecule is CCCCOC(C)(CNC)[SiH]1CCC1. The lowest BCUT2D eigenvalue weighted by Crippen LogP contribution is -2.55. The van der Waals surface area contributed by atoms with Gasteiger partial charge in [-0.25, -0.2) is 0 Å². The average Bonchev–Trinajstić information content (AvgIpc) is 2.01. The van der Waals surface area contributed by atoms with E-state index in [0.29, 0.717) is 0 Å². The molecule has 0 aromatic rings. The summed E-state index contributed by atoms with van der Waals surface area (Å²) in [6, 6.07) is 2.98. The highest BCUT2D eigenvalue weighted by molar-refractivity contribution is 6.64. The van der Waals surface area contributed by atoms with Crippen LogP contribution in [0.5, 0.6) is 0 Å². The molecule has 1 N–H and O–H groups in total. The Hall–Kier alpha value is 0.137. The second-order valence-electron chi connectivity index (χ2n) is 4.67. The van der Waals surface area contributed by atoms with Crippen LogP contribution in [0.4, 0.5) is 0 Å². The molecule has 1 aliphatic heterocycles. The second kappa shape index (κ2) is 5.88. The fraction of sp³-hybridized carbons (Fsp3) is 1.00. The van der Waals surface area contributed by atoms with Crippen molar-refractivity contribution in [2.75, 3.05) is 20.2 Å². The molecule has 0 bridgehead atoms. The van der Waals surface area contributed by atoms with Crippen molar-refractivity contribution in [2.45, 2.75) is 50.4 Å². The maximum atomic E-state index is 6.11. The number of likely N-dealkylation sites (N-methyl/N-ethyl adjacent to an activating group) is 1. The number of ether oxygens (including phenoxy) is 1. The molecule has 0 spiro atoms. The second-order valence-corrected chi connectivity index (χ2v) is 8.44. The average molecular weight is 215 g/mol. The molecule has 1 saturated heterocycles. The summed E-state index contributed by atoms with van der Waals surface area (Å²) in [5, 5.41) is 3.52. The van der Waals surface area contributed by atoms with E-state index in [4.69, 9.17) is 4.74 Å². The molecule has 1 fully saturated rings. The van der Waals surface area contributed by atoms with Crippen LogP contribution in [0.3, 0.4) is 0 Å². The van der Waals surface area contributed by atoms with Gasteiger partial charge in [0.1, 0.15) is 0 Å². The molecule has 0 radical (unpaired) electrons. The molecule has 1 rings (SSSR count). The van der Waals surface area contributed by atoms with Crippen LogP contribution >= 0.6 is 0 Å². The standard InChI is InChI=1S/C11H25NOSi/c1-4-5-7-13-11(2,10-12-3)14-8-6-9-14/h12,14H,4-10H2,1-3H3. The third-order valence-electron chi connectivity index (χ3n) is 3.43. The Labute approximate surface area is 90.0 Å². The molecule has 0 aromatic heterocycles. The van der Waals surface area contributed by atoms with Crippen LogP contribution in [-0.4, -0.2) is 34.2 Å². The summed E-state index contributed by atoms with van der Waals surface area (Å²) < 4.78 is 6.11. The fourth-order valence-electron chi connectivity index (χ4n) is 2.13. The highest BCUT2D eigenvalue weighted by Crippen LogP contribution is 2.31. The van der Waals surface area contributed by atoms with Gasteiger partial charge in [-0.2, -0.15) is 0 Å². The maximum Gasteiger partial charge on any atom is 0.0769 e. The minimum Gasteiger partial charge on any atom is -0.378 e. The van der Waals surface area contributed by atoms with Crippen LogP contribution in [0.2, 0.25) is 12.1 Å². The molecule has 2 nitrogen and oxygen atoms in total. The van der Waals surface area contributed by atoms with E-state index < -0.39 is 8.80 Å². The first-order valence-electron chi connectivity index (χ1n) is 6.01. The van der Waals surface area contributed by atoms with Crippen molar-refractivity contribution in [3.8, 4) is 0 Å². The maximum absolute atomic E-state index is 6.11. The molecule has 84 valence electrons.